The molecule has 1 N–H and O–H groups in total. The normalized spacial score (nSPS) is 12.9. The van der Waals surface area contributed by atoms with Gasteiger partial charge in [-0.15, -0.1) is 11.3 Å². The van der Waals surface area contributed by atoms with Crippen LogP contribution in [0.15, 0.2) is 11.6 Å². The van der Waals surface area contributed by atoms with E-state index in [9.17, 15) is 0 Å². The van der Waals surface area contributed by atoms with Gasteiger partial charge in [-0.2, -0.15) is 0 Å². The van der Waals surface area contributed by atoms with Gasteiger partial charge in [0.15, 0.2) is 5.13 Å². The third kappa shape index (κ3) is 2.79. The van der Waals surface area contributed by atoms with Gasteiger partial charge in [-0.05, 0) is 13.3 Å². The summed E-state index contributed by atoms with van der Waals surface area (Å²) in [6.07, 6.45) is 2.35. The van der Waals surface area contributed by atoms with Crippen LogP contribution in [0.25, 0.3) is 0 Å². The molecule has 1 rings (SSSR count). The molecule has 12 heavy (non-hydrogen) atoms. The summed E-state index contributed by atoms with van der Waals surface area (Å²) in [5.74, 6) is 0. The zero-order valence-corrected chi connectivity index (χ0v) is 8.21. The van der Waals surface area contributed by atoms with Crippen molar-refractivity contribution in [1.82, 2.24) is 4.98 Å². The molecule has 0 saturated heterocycles. The second-order valence-corrected chi connectivity index (χ2v) is 3.75. The molecule has 0 amide bonds. The second-order valence-electron chi connectivity index (χ2n) is 2.87. The molecule has 0 fully saturated rings. The zero-order chi connectivity index (χ0) is 8.97. The Kier molecular flexibility index (Phi) is 3.49. The standard InChI is InChI=1S/C8H14N2OS/c1-7(11)3-5-10(2)8-9-4-6-12-8/h4,6-7,11H,3,5H2,1-2H3. The van der Waals surface area contributed by atoms with Gasteiger partial charge in [0.2, 0.25) is 0 Å². The summed E-state index contributed by atoms with van der Waals surface area (Å²) in [6, 6.07) is 0. The van der Waals surface area contributed by atoms with E-state index in [0.29, 0.717) is 0 Å². The first-order chi connectivity index (χ1) is 5.70. The van der Waals surface area contributed by atoms with Crippen LogP contribution in [-0.4, -0.2) is 29.8 Å². The Balaban J connectivity index is 2.34. The van der Waals surface area contributed by atoms with E-state index in [-0.39, 0.29) is 6.10 Å². The first kappa shape index (κ1) is 9.48. The minimum absolute atomic E-state index is 0.229. The Hall–Kier alpha value is -0.610. The molecule has 3 nitrogen and oxygen atoms in total. The van der Waals surface area contributed by atoms with Gasteiger partial charge in [-0.1, -0.05) is 0 Å². The largest absolute Gasteiger partial charge is 0.393 e. The number of aromatic nitrogens is 1. The molecule has 4 heteroatoms. The molecule has 0 aliphatic carbocycles. The molecule has 0 bridgehead atoms. The molecule has 1 atom stereocenters. The average molecular weight is 186 g/mol. The molecule has 0 aliphatic rings. The molecule has 0 saturated carbocycles. The lowest BCUT2D eigenvalue weighted by Crippen LogP contribution is -2.21. The van der Waals surface area contributed by atoms with E-state index in [1.807, 2.05) is 12.4 Å². The van der Waals surface area contributed by atoms with Crippen molar-refractivity contribution >= 4 is 16.5 Å². The van der Waals surface area contributed by atoms with Gasteiger partial charge in [0, 0.05) is 25.2 Å². The number of hydrogen-bond acceptors (Lipinski definition) is 4. The van der Waals surface area contributed by atoms with Crippen molar-refractivity contribution in [3.05, 3.63) is 11.6 Å². The Morgan fingerprint density at radius 3 is 3.00 bits per heavy atom. The van der Waals surface area contributed by atoms with Crippen molar-refractivity contribution in [1.29, 1.82) is 0 Å². The van der Waals surface area contributed by atoms with Gasteiger partial charge in [-0.25, -0.2) is 4.98 Å². The van der Waals surface area contributed by atoms with Crippen molar-refractivity contribution < 1.29 is 5.11 Å². The number of rotatable bonds is 4. The van der Waals surface area contributed by atoms with Gasteiger partial charge in [0.05, 0.1) is 6.10 Å². The van der Waals surface area contributed by atoms with Crippen LogP contribution in [0.5, 0.6) is 0 Å². The molecule has 0 spiro atoms. The van der Waals surface area contributed by atoms with Crippen LogP contribution in [-0.2, 0) is 0 Å². The number of thiazole rings is 1. The zero-order valence-electron chi connectivity index (χ0n) is 7.40. The summed E-state index contributed by atoms with van der Waals surface area (Å²) in [5, 5.41) is 12.0. The summed E-state index contributed by atoms with van der Waals surface area (Å²) in [7, 11) is 1.99. The van der Waals surface area contributed by atoms with Gasteiger partial charge in [0.25, 0.3) is 0 Å². The monoisotopic (exact) mass is 186 g/mol. The summed E-state index contributed by atoms with van der Waals surface area (Å²) < 4.78 is 0. The fraction of sp³-hybridized carbons (Fsp3) is 0.625. The second kappa shape index (κ2) is 4.42. The minimum Gasteiger partial charge on any atom is -0.393 e. The van der Waals surface area contributed by atoms with E-state index >= 15 is 0 Å². The molecule has 1 aromatic heterocycles. The summed E-state index contributed by atoms with van der Waals surface area (Å²) in [6.45, 7) is 2.65. The number of aliphatic hydroxyl groups is 1. The Bertz CT molecular complexity index is 211. The highest BCUT2D eigenvalue weighted by Gasteiger charge is 2.03. The Labute approximate surface area is 76.7 Å². The van der Waals surface area contributed by atoms with Crippen LogP contribution in [0.2, 0.25) is 0 Å². The van der Waals surface area contributed by atoms with Gasteiger partial charge in [-0.3, -0.25) is 0 Å². The fourth-order valence-corrected chi connectivity index (χ4v) is 1.52. The lowest BCUT2D eigenvalue weighted by molar-refractivity contribution is 0.187. The summed E-state index contributed by atoms with van der Waals surface area (Å²) in [5.41, 5.74) is 0. The molecule has 1 unspecified atom stereocenters. The van der Waals surface area contributed by atoms with Crippen molar-refractivity contribution in [2.45, 2.75) is 19.4 Å². The maximum absolute atomic E-state index is 9.06. The van der Waals surface area contributed by atoms with E-state index in [2.05, 4.69) is 9.88 Å². The highest BCUT2D eigenvalue weighted by Crippen LogP contribution is 2.15. The van der Waals surface area contributed by atoms with Crippen LogP contribution in [0.3, 0.4) is 0 Å². The van der Waals surface area contributed by atoms with E-state index in [1.165, 1.54) is 0 Å². The van der Waals surface area contributed by atoms with Crippen LogP contribution < -0.4 is 4.90 Å². The van der Waals surface area contributed by atoms with E-state index < -0.39 is 0 Å². The predicted molar refractivity (Wildman–Crippen MR) is 51.7 cm³/mol. The van der Waals surface area contributed by atoms with Crippen molar-refractivity contribution in [2.75, 3.05) is 18.5 Å². The van der Waals surface area contributed by atoms with E-state index in [4.69, 9.17) is 5.11 Å². The molecule has 0 aliphatic heterocycles. The number of nitrogens with zero attached hydrogens (tertiary/aromatic N) is 2. The predicted octanol–water partition coefficient (Wildman–Crippen LogP) is 1.35. The van der Waals surface area contributed by atoms with Gasteiger partial charge >= 0.3 is 0 Å². The number of hydrogen-bond donors (Lipinski definition) is 1. The Morgan fingerprint density at radius 2 is 2.50 bits per heavy atom. The number of anilines is 1. The molecule has 0 aromatic carbocycles. The highest BCUT2D eigenvalue weighted by atomic mass is 32.1. The van der Waals surface area contributed by atoms with Crippen molar-refractivity contribution in [2.24, 2.45) is 0 Å². The van der Waals surface area contributed by atoms with Crippen molar-refractivity contribution in [3.63, 3.8) is 0 Å². The van der Waals surface area contributed by atoms with Crippen LogP contribution >= 0.6 is 11.3 Å². The van der Waals surface area contributed by atoms with Crippen LogP contribution in [0.4, 0.5) is 5.13 Å². The lowest BCUT2D eigenvalue weighted by atomic mass is 10.3. The maximum Gasteiger partial charge on any atom is 0.184 e. The summed E-state index contributed by atoms with van der Waals surface area (Å²) in [4.78, 5) is 6.21. The average Bonchev–Trinajstić information content (AvgIpc) is 2.51. The fourth-order valence-electron chi connectivity index (χ4n) is 0.881. The minimum atomic E-state index is -0.229. The van der Waals surface area contributed by atoms with Crippen LogP contribution in [0.1, 0.15) is 13.3 Å². The third-order valence-corrected chi connectivity index (χ3v) is 2.51. The molecule has 1 heterocycles. The maximum atomic E-state index is 9.06. The number of aliphatic hydroxyl groups excluding tert-OH is 1. The van der Waals surface area contributed by atoms with Crippen LogP contribution in [0, 0.1) is 0 Å². The lowest BCUT2D eigenvalue weighted by Gasteiger charge is -2.16. The SMILES string of the molecule is CC(O)CCN(C)c1nccs1. The smallest absolute Gasteiger partial charge is 0.184 e. The first-order valence-corrected chi connectivity index (χ1v) is 4.87. The third-order valence-electron chi connectivity index (χ3n) is 1.63. The topological polar surface area (TPSA) is 36.4 Å². The molecular weight excluding hydrogens is 172 g/mol. The molecule has 0 radical (unpaired) electrons. The van der Waals surface area contributed by atoms with Gasteiger partial charge in [0.1, 0.15) is 0 Å². The highest BCUT2D eigenvalue weighted by molar-refractivity contribution is 7.13. The van der Waals surface area contributed by atoms with Crippen molar-refractivity contribution in [3.8, 4) is 0 Å². The van der Waals surface area contributed by atoms with E-state index in [0.717, 1.165) is 18.1 Å². The molecule has 1 aromatic rings. The van der Waals surface area contributed by atoms with Gasteiger partial charge < -0.3 is 10.0 Å². The molecule has 68 valence electrons. The van der Waals surface area contributed by atoms with E-state index in [1.54, 1.807) is 24.5 Å². The quantitative estimate of drug-likeness (QED) is 0.771. The molecular formula is C8H14N2OS. The Morgan fingerprint density at radius 1 is 1.75 bits per heavy atom. The first-order valence-electron chi connectivity index (χ1n) is 3.99. The summed E-state index contributed by atoms with van der Waals surface area (Å²) >= 11 is 1.62.